The van der Waals surface area contributed by atoms with Gasteiger partial charge in [0.1, 0.15) is 5.82 Å². The van der Waals surface area contributed by atoms with Gasteiger partial charge in [-0.05, 0) is 23.3 Å². The summed E-state index contributed by atoms with van der Waals surface area (Å²) in [5.41, 5.74) is -0.286. The summed E-state index contributed by atoms with van der Waals surface area (Å²) >= 11 is 0. The summed E-state index contributed by atoms with van der Waals surface area (Å²) in [6.45, 7) is 2.95. The molecule has 1 amide bonds. The standard InChI is InChI=1S/C23H23N3O3/c27-22(25-20-11-12-21(24-17-20)26-13-15-29-16-14-26)23(28,18-7-3-1-4-8-18)19-9-5-2-6-10-19/h1-12,17,28H,13-16H2,(H,25,27). The topological polar surface area (TPSA) is 74.7 Å². The molecule has 6 heteroatoms. The van der Waals surface area contributed by atoms with Crippen molar-refractivity contribution in [1.82, 2.24) is 4.98 Å². The Morgan fingerprint density at radius 3 is 2.03 bits per heavy atom. The molecule has 0 atom stereocenters. The highest BCUT2D eigenvalue weighted by atomic mass is 16.5. The summed E-state index contributed by atoms with van der Waals surface area (Å²) < 4.78 is 5.36. The maximum absolute atomic E-state index is 13.2. The number of nitrogens with zero attached hydrogens (tertiary/aromatic N) is 2. The lowest BCUT2D eigenvalue weighted by atomic mass is 9.85. The van der Waals surface area contributed by atoms with Gasteiger partial charge in [0.2, 0.25) is 0 Å². The van der Waals surface area contributed by atoms with E-state index < -0.39 is 11.5 Å². The van der Waals surface area contributed by atoms with Crippen LogP contribution >= 0.6 is 0 Å². The third-order valence-electron chi connectivity index (χ3n) is 5.05. The number of aliphatic hydroxyl groups is 1. The first-order valence-electron chi connectivity index (χ1n) is 9.61. The second kappa shape index (κ2) is 8.43. The van der Waals surface area contributed by atoms with Crippen molar-refractivity contribution in [1.29, 1.82) is 0 Å². The highest BCUT2D eigenvalue weighted by molar-refractivity contribution is 6.00. The van der Waals surface area contributed by atoms with Crippen LogP contribution in [-0.2, 0) is 15.1 Å². The predicted octanol–water partition coefficient (Wildman–Crippen LogP) is 2.79. The first-order chi connectivity index (χ1) is 14.2. The molecule has 0 unspecified atom stereocenters. The number of hydrogen-bond acceptors (Lipinski definition) is 5. The molecule has 1 saturated heterocycles. The molecule has 2 N–H and O–H groups in total. The molecule has 0 saturated carbocycles. The van der Waals surface area contributed by atoms with E-state index in [-0.39, 0.29) is 0 Å². The lowest BCUT2D eigenvalue weighted by Gasteiger charge is -2.29. The summed E-state index contributed by atoms with van der Waals surface area (Å²) in [5, 5.41) is 14.3. The molecule has 2 aromatic carbocycles. The number of morpholine rings is 1. The zero-order valence-electron chi connectivity index (χ0n) is 16.0. The molecule has 148 valence electrons. The molecule has 6 nitrogen and oxygen atoms in total. The number of hydrogen-bond donors (Lipinski definition) is 2. The molecule has 0 spiro atoms. The number of aromatic nitrogens is 1. The van der Waals surface area contributed by atoms with Crippen molar-refractivity contribution in [3.63, 3.8) is 0 Å². The van der Waals surface area contributed by atoms with Crippen molar-refractivity contribution in [2.75, 3.05) is 36.5 Å². The number of carbonyl (C=O) groups excluding carboxylic acids is 1. The van der Waals surface area contributed by atoms with Crippen molar-refractivity contribution in [3.05, 3.63) is 90.1 Å². The van der Waals surface area contributed by atoms with Gasteiger partial charge in [-0.15, -0.1) is 0 Å². The zero-order chi connectivity index (χ0) is 20.1. The molecule has 1 aromatic heterocycles. The summed E-state index contributed by atoms with van der Waals surface area (Å²) in [7, 11) is 0. The van der Waals surface area contributed by atoms with Crippen LogP contribution in [0, 0.1) is 0 Å². The van der Waals surface area contributed by atoms with Crippen LogP contribution in [0.2, 0.25) is 0 Å². The average molecular weight is 389 g/mol. The van der Waals surface area contributed by atoms with Gasteiger partial charge in [-0.1, -0.05) is 60.7 Å². The maximum Gasteiger partial charge on any atom is 0.265 e. The molecular formula is C23H23N3O3. The number of amides is 1. The van der Waals surface area contributed by atoms with Crippen LogP contribution in [0.1, 0.15) is 11.1 Å². The Morgan fingerprint density at radius 1 is 0.931 bits per heavy atom. The third-order valence-corrected chi connectivity index (χ3v) is 5.05. The maximum atomic E-state index is 13.2. The highest BCUT2D eigenvalue weighted by Crippen LogP contribution is 2.31. The summed E-state index contributed by atoms with van der Waals surface area (Å²) in [6, 6.07) is 21.5. The number of pyridine rings is 1. The Morgan fingerprint density at radius 2 is 1.52 bits per heavy atom. The van der Waals surface area contributed by atoms with E-state index in [0.717, 1.165) is 18.9 Å². The molecule has 0 radical (unpaired) electrons. The van der Waals surface area contributed by atoms with Gasteiger partial charge in [-0.25, -0.2) is 4.98 Å². The lowest BCUT2D eigenvalue weighted by molar-refractivity contribution is -0.131. The van der Waals surface area contributed by atoms with E-state index in [4.69, 9.17) is 4.74 Å². The molecule has 4 rings (SSSR count). The summed E-state index contributed by atoms with van der Waals surface area (Å²) in [5.74, 6) is 0.309. The molecule has 1 aliphatic heterocycles. The monoisotopic (exact) mass is 389 g/mol. The van der Waals surface area contributed by atoms with E-state index in [0.29, 0.717) is 30.0 Å². The second-order valence-electron chi connectivity index (χ2n) is 6.90. The molecule has 1 fully saturated rings. The van der Waals surface area contributed by atoms with Crippen LogP contribution in [0.4, 0.5) is 11.5 Å². The SMILES string of the molecule is O=C(Nc1ccc(N2CCOCC2)nc1)C(O)(c1ccccc1)c1ccccc1. The normalized spacial score (nSPS) is 14.4. The summed E-state index contributed by atoms with van der Waals surface area (Å²) in [4.78, 5) is 19.8. The first kappa shape index (κ1) is 19.1. The number of carbonyl (C=O) groups is 1. The Hall–Kier alpha value is -3.22. The first-order valence-corrected chi connectivity index (χ1v) is 9.61. The van der Waals surface area contributed by atoms with Crippen molar-refractivity contribution < 1.29 is 14.6 Å². The molecule has 0 aliphatic carbocycles. The fraction of sp³-hybridized carbons (Fsp3) is 0.217. The van der Waals surface area contributed by atoms with E-state index in [1.165, 1.54) is 0 Å². The van der Waals surface area contributed by atoms with Crippen molar-refractivity contribution in [2.45, 2.75) is 5.60 Å². The summed E-state index contributed by atoms with van der Waals surface area (Å²) in [6.07, 6.45) is 1.61. The van der Waals surface area contributed by atoms with E-state index in [1.54, 1.807) is 60.8 Å². The third kappa shape index (κ3) is 3.99. The average Bonchev–Trinajstić information content (AvgIpc) is 2.80. The minimum atomic E-state index is -1.81. The van der Waals surface area contributed by atoms with Crippen LogP contribution in [0.25, 0.3) is 0 Å². The van der Waals surface area contributed by atoms with Crippen LogP contribution in [0.5, 0.6) is 0 Å². The number of anilines is 2. The number of benzene rings is 2. The van der Waals surface area contributed by atoms with Gasteiger partial charge in [0.25, 0.3) is 5.91 Å². The van der Waals surface area contributed by atoms with Gasteiger partial charge in [0, 0.05) is 13.1 Å². The minimum Gasteiger partial charge on any atom is -0.378 e. The smallest absolute Gasteiger partial charge is 0.265 e. The second-order valence-corrected chi connectivity index (χ2v) is 6.90. The highest BCUT2D eigenvalue weighted by Gasteiger charge is 2.39. The van der Waals surface area contributed by atoms with Crippen LogP contribution < -0.4 is 10.2 Å². The van der Waals surface area contributed by atoms with Crippen LogP contribution in [0.15, 0.2) is 79.0 Å². The van der Waals surface area contributed by atoms with Gasteiger partial charge in [-0.3, -0.25) is 4.79 Å². The molecule has 29 heavy (non-hydrogen) atoms. The molecular weight excluding hydrogens is 366 g/mol. The van der Waals surface area contributed by atoms with E-state index in [9.17, 15) is 9.90 Å². The Balaban J connectivity index is 1.59. The molecule has 0 bridgehead atoms. The zero-order valence-corrected chi connectivity index (χ0v) is 16.0. The molecule has 3 aromatic rings. The van der Waals surface area contributed by atoms with E-state index in [2.05, 4.69) is 15.2 Å². The van der Waals surface area contributed by atoms with Gasteiger partial charge in [0.05, 0.1) is 25.1 Å². The van der Waals surface area contributed by atoms with Gasteiger partial charge in [0.15, 0.2) is 5.60 Å². The molecule has 1 aliphatic rings. The van der Waals surface area contributed by atoms with Crippen molar-refractivity contribution >= 4 is 17.4 Å². The fourth-order valence-electron chi connectivity index (χ4n) is 3.45. The largest absolute Gasteiger partial charge is 0.378 e. The Bertz CT molecular complexity index is 901. The lowest BCUT2D eigenvalue weighted by Crippen LogP contribution is -2.41. The van der Waals surface area contributed by atoms with Crippen molar-refractivity contribution in [3.8, 4) is 0 Å². The quantitative estimate of drug-likeness (QED) is 0.702. The Labute approximate surface area is 169 Å². The van der Waals surface area contributed by atoms with Gasteiger partial charge in [-0.2, -0.15) is 0 Å². The number of rotatable bonds is 5. The number of nitrogens with one attached hydrogen (secondary N) is 1. The van der Waals surface area contributed by atoms with Gasteiger partial charge >= 0.3 is 0 Å². The Kier molecular flexibility index (Phi) is 5.55. The van der Waals surface area contributed by atoms with E-state index >= 15 is 0 Å². The number of ether oxygens (including phenoxy) is 1. The minimum absolute atomic E-state index is 0.501. The fourth-order valence-corrected chi connectivity index (χ4v) is 3.45. The van der Waals surface area contributed by atoms with Gasteiger partial charge < -0.3 is 20.1 Å². The predicted molar refractivity (Wildman–Crippen MR) is 112 cm³/mol. The van der Waals surface area contributed by atoms with Crippen molar-refractivity contribution in [2.24, 2.45) is 0 Å². The van der Waals surface area contributed by atoms with E-state index in [1.807, 2.05) is 18.2 Å². The van der Waals surface area contributed by atoms with Crippen LogP contribution in [0.3, 0.4) is 0 Å². The molecule has 2 heterocycles. The van der Waals surface area contributed by atoms with Crippen LogP contribution in [-0.4, -0.2) is 42.3 Å².